The van der Waals surface area contributed by atoms with Gasteiger partial charge in [-0.05, 0) is 32.5 Å². The van der Waals surface area contributed by atoms with Gasteiger partial charge in [-0.25, -0.2) is 4.98 Å². The molecule has 0 aromatic carbocycles. The lowest BCUT2D eigenvalue weighted by molar-refractivity contribution is 0.658. The fourth-order valence-electron chi connectivity index (χ4n) is 1.75. The second-order valence-corrected chi connectivity index (χ2v) is 5.22. The number of aromatic nitrogens is 2. The van der Waals surface area contributed by atoms with Gasteiger partial charge >= 0.3 is 0 Å². The number of nitrogens with zero attached hydrogens (tertiary/aromatic N) is 2. The van der Waals surface area contributed by atoms with E-state index in [1.54, 1.807) is 17.5 Å². The van der Waals surface area contributed by atoms with Crippen LogP contribution in [-0.4, -0.2) is 17.0 Å². The van der Waals surface area contributed by atoms with Crippen molar-refractivity contribution in [2.45, 2.75) is 26.3 Å². The molecule has 0 aliphatic rings. The smallest absolute Gasteiger partial charge is 0.0976 e. The summed E-state index contributed by atoms with van der Waals surface area (Å²) in [6, 6.07) is 4.42. The summed E-state index contributed by atoms with van der Waals surface area (Å²) in [5.41, 5.74) is 2.35. The highest BCUT2D eigenvalue weighted by Gasteiger charge is 2.12. The Morgan fingerprint density at radius 1 is 1.47 bits per heavy atom. The molecule has 17 heavy (non-hydrogen) atoms. The first-order chi connectivity index (χ1) is 8.20. The Hall–Kier alpha value is -1.26. The zero-order valence-electron chi connectivity index (χ0n) is 10.4. The van der Waals surface area contributed by atoms with Gasteiger partial charge in [0.1, 0.15) is 0 Å². The van der Waals surface area contributed by atoms with Crippen LogP contribution in [0, 0.1) is 6.92 Å². The third kappa shape index (κ3) is 2.90. The van der Waals surface area contributed by atoms with E-state index in [4.69, 9.17) is 0 Å². The lowest BCUT2D eigenvalue weighted by Gasteiger charge is -2.06. The van der Waals surface area contributed by atoms with Crippen molar-refractivity contribution in [3.8, 4) is 0 Å². The van der Waals surface area contributed by atoms with Crippen LogP contribution in [0.15, 0.2) is 24.5 Å². The van der Waals surface area contributed by atoms with Crippen LogP contribution in [0.2, 0.25) is 0 Å². The summed E-state index contributed by atoms with van der Waals surface area (Å²) >= 11 is 1.79. The minimum Gasteiger partial charge on any atom is -0.312 e. The van der Waals surface area contributed by atoms with E-state index in [1.807, 2.05) is 19.3 Å². The normalized spacial score (nSPS) is 12.6. The van der Waals surface area contributed by atoms with Gasteiger partial charge in [-0.2, -0.15) is 0 Å². The van der Waals surface area contributed by atoms with Crippen molar-refractivity contribution in [2.75, 3.05) is 7.05 Å². The van der Waals surface area contributed by atoms with E-state index in [9.17, 15) is 0 Å². The highest BCUT2D eigenvalue weighted by Crippen LogP contribution is 2.26. The van der Waals surface area contributed by atoms with Crippen molar-refractivity contribution in [3.63, 3.8) is 0 Å². The number of hydrogen-bond donors (Lipinski definition) is 1. The molecule has 0 radical (unpaired) electrons. The van der Waals surface area contributed by atoms with E-state index in [0.717, 1.165) is 17.1 Å². The topological polar surface area (TPSA) is 37.8 Å². The number of rotatable bonds is 4. The van der Waals surface area contributed by atoms with Crippen LogP contribution in [0.5, 0.6) is 0 Å². The molecule has 1 unspecified atom stereocenters. The Morgan fingerprint density at radius 2 is 2.29 bits per heavy atom. The number of pyridine rings is 1. The first-order valence-corrected chi connectivity index (χ1v) is 6.54. The molecule has 0 saturated carbocycles. The van der Waals surface area contributed by atoms with Crippen LogP contribution in [0.25, 0.3) is 0 Å². The Kier molecular flexibility index (Phi) is 3.86. The van der Waals surface area contributed by atoms with Gasteiger partial charge in [0.05, 0.1) is 10.7 Å². The molecule has 0 bridgehead atoms. The Morgan fingerprint density at radius 3 is 2.94 bits per heavy atom. The van der Waals surface area contributed by atoms with Gasteiger partial charge in [-0.3, -0.25) is 4.98 Å². The lowest BCUT2D eigenvalue weighted by atomic mass is 10.2. The van der Waals surface area contributed by atoms with E-state index in [1.165, 1.54) is 10.4 Å². The zero-order chi connectivity index (χ0) is 12.3. The molecule has 0 aliphatic carbocycles. The van der Waals surface area contributed by atoms with Crippen LogP contribution in [0.4, 0.5) is 0 Å². The minimum atomic E-state index is 0.371. The Bertz CT molecular complexity index is 479. The zero-order valence-corrected chi connectivity index (χ0v) is 11.2. The molecule has 2 aromatic rings. The molecule has 0 spiro atoms. The minimum absolute atomic E-state index is 0.371. The summed E-state index contributed by atoms with van der Waals surface area (Å²) in [5.74, 6) is 0. The number of aryl methyl sites for hydroxylation is 1. The van der Waals surface area contributed by atoms with Gasteiger partial charge in [0.25, 0.3) is 0 Å². The van der Waals surface area contributed by atoms with Gasteiger partial charge in [0.15, 0.2) is 0 Å². The molecule has 1 atom stereocenters. The van der Waals surface area contributed by atoms with Crippen molar-refractivity contribution in [1.29, 1.82) is 0 Å². The third-order valence-electron chi connectivity index (χ3n) is 2.78. The summed E-state index contributed by atoms with van der Waals surface area (Å²) in [5, 5.41) is 4.42. The summed E-state index contributed by atoms with van der Waals surface area (Å²) in [6.07, 6.45) is 4.57. The predicted octanol–water partition coefficient (Wildman–Crippen LogP) is 2.72. The maximum Gasteiger partial charge on any atom is 0.0976 e. The van der Waals surface area contributed by atoms with Crippen molar-refractivity contribution in [1.82, 2.24) is 15.3 Å². The molecule has 1 N–H and O–H groups in total. The number of nitrogens with one attached hydrogen (secondary N) is 1. The van der Waals surface area contributed by atoms with E-state index < -0.39 is 0 Å². The van der Waals surface area contributed by atoms with Crippen molar-refractivity contribution in [2.24, 2.45) is 0 Å². The second kappa shape index (κ2) is 5.38. The van der Waals surface area contributed by atoms with E-state index in [-0.39, 0.29) is 0 Å². The van der Waals surface area contributed by atoms with Gasteiger partial charge < -0.3 is 5.32 Å². The SMILES string of the molecule is CNC(C)c1sc(Cc2cccnc2)nc1C. The molecule has 2 aromatic heterocycles. The third-order valence-corrected chi connectivity index (χ3v) is 4.12. The molecular formula is C13H17N3S. The van der Waals surface area contributed by atoms with Gasteiger partial charge in [-0.1, -0.05) is 6.07 Å². The van der Waals surface area contributed by atoms with Crippen LogP contribution in [-0.2, 0) is 6.42 Å². The molecule has 4 heteroatoms. The maximum atomic E-state index is 4.63. The molecule has 2 heterocycles. The van der Waals surface area contributed by atoms with E-state index >= 15 is 0 Å². The Labute approximate surface area is 106 Å². The van der Waals surface area contributed by atoms with E-state index in [2.05, 4.69) is 35.2 Å². The Balaban J connectivity index is 2.18. The summed E-state index contributed by atoms with van der Waals surface area (Å²) in [6.45, 7) is 4.24. The summed E-state index contributed by atoms with van der Waals surface area (Å²) in [4.78, 5) is 10.1. The first kappa shape index (κ1) is 12.2. The second-order valence-electron chi connectivity index (χ2n) is 4.11. The van der Waals surface area contributed by atoms with Crippen LogP contribution >= 0.6 is 11.3 Å². The fourth-order valence-corrected chi connectivity index (χ4v) is 2.91. The van der Waals surface area contributed by atoms with Crippen LogP contribution in [0.1, 0.15) is 34.1 Å². The van der Waals surface area contributed by atoms with Crippen molar-refractivity contribution < 1.29 is 0 Å². The molecule has 0 aliphatic heterocycles. The number of hydrogen-bond acceptors (Lipinski definition) is 4. The molecule has 90 valence electrons. The molecule has 2 rings (SSSR count). The first-order valence-electron chi connectivity index (χ1n) is 5.73. The van der Waals surface area contributed by atoms with Gasteiger partial charge in [0, 0.05) is 29.7 Å². The lowest BCUT2D eigenvalue weighted by Crippen LogP contribution is -2.11. The number of thiazole rings is 1. The molecule has 3 nitrogen and oxygen atoms in total. The maximum absolute atomic E-state index is 4.63. The highest BCUT2D eigenvalue weighted by atomic mass is 32.1. The van der Waals surface area contributed by atoms with Gasteiger partial charge in [0.2, 0.25) is 0 Å². The van der Waals surface area contributed by atoms with E-state index in [0.29, 0.717) is 6.04 Å². The molecule has 0 fully saturated rings. The fraction of sp³-hybridized carbons (Fsp3) is 0.385. The van der Waals surface area contributed by atoms with Gasteiger partial charge in [-0.15, -0.1) is 11.3 Å². The largest absolute Gasteiger partial charge is 0.312 e. The quantitative estimate of drug-likeness (QED) is 0.902. The molecule has 0 saturated heterocycles. The average Bonchev–Trinajstić information content (AvgIpc) is 2.70. The van der Waals surface area contributed by atoms with Crippen LogP contribution < -0.4 is 5.32 Å². The summed E-state index contributed by atoms with van der Waals surface area (Å²) < 4.78 is 0. The molecular weight excluding hydrogens is 230 g/mol. The standard InChI is InChI=1S/C13H17N3S/c1-9(14-3)13-10(2)16-12(17-13)7-11-5-4-6-15-8-11/h4-6,8-9,14H,7H2,1-3H3. The van der Waals surface area contributed by atoms with Crippen LogP contribution in [0.3, 0.4) is 0 Å². The summed E-state index contributed by atoms with van der Waals surface area (Å²) in [7, 11) is 1.98. The van der Waals surface area contributed by atoms with Crippen molar-refractivity contribution in [3.05, 3.63) is 45.7 Å². The average molecular weight is 247 g/mol. The molecule has 0 amide bonds. The highest BCUT2D eigenvalue weighted by molar-refractivity contribution is 7.11. The predicted molar refractivity (Wildman–Crippen MR) is 71.4 cm³/mol. The van der Waals surface area contributed by atoms with Crippen molar-refractivity contribution >= 4 is 11.3 Å². The monoisotopic (exact) mass is 247 g/mol.